The molecular weight excluding hydrogens is 448 g/mol. The largest absolute Gasteiger partial charge is 0.491 e. The van der Waals surface area contributed by atoms with Crippen LogP contribution in [0.2, 0.25) is 0 Å². The van der Waals surface area contributed by atoms with E-state index in [-0.39, 0.29) is 18.1 Å². The summed E-state index contributed by atoms with van der Waals surface area (Å²) in [4.78, 5) is 23.7. The van der Waals surface area contributed by atoms with E-state index in [9.17, 15) is 9.59 Å². The third-order valence-corrected chi connectivity index (χ3v) is 4.67. The first-order valence-electron chi connectivity index (χ1n) is 12.0. The molecule has 198 valence electrons. The molecule has 1 aliphatic rings. The molecule has 0 saturated heterocycles. The lowest BCUT2D eigenvalue weighted by atomic mass is 9.68. The van der Waals surface area contributed by atoms with E-state index in [2.05, 4.69) is 37.1 Å². The Balaban J connectivity index is 2.77. The highest BCUT2D eigenvalue weighted by molar-refractivity contribution is 5.68. The summed E-state index contributed by atoms with van der Waals surface area (Å²) in [5, 5.41) is 5.40. The summed E-state index contributed by atoms with van der Waals surface area (Å²) in [7, 11) is 0. The number of carbonyl (C=O) groups excluding carboxylic acids is 2. The quantitative estimate of drug-likeness (QED) is 0.227. The molecule has 1 rings (SSSR count). The van der Waals surface area contributed by atoms with Crippen molar-refractivity contribution in [3.05, 3.63) is 47.8 Å². The van der Waals surface area contributed by atoms with Gasteiger partial charge in [0.25, 0.3) is 0 Å². The minimum Gasteiger partial charge on any atom is -0.491 e. The molecule has 2 amide bonds. The second-order valence-electron chi connectivity index (χ2n) is 10.9. The average Bonchev–Trinajstić information content (AvgIpc) is 2.67. The van der Waals surface area contributed by atoms with Crippen LogP contribution in [0, 0.1) is 5.41 Å². The number of ether oxygens (including phenoxy) is 4. The lowest BCUT2D eigenvalue weighted by Crippen LogP contribution is -2.43. The number of allylic oxidation sites excluding steroid dienone is 3. The van der Waals surface area contributed by atoms with Crippen molar-refractivity contribution >= 4 is 12.2 Å². The van der Waals surface area contributed by atoms with Crippen LogP contribution < -0.4 is 10.6 Å². The molecule has 8 nitrogen and oxygen atoms in total. The summed E-state index contributed by atoms with van der Waals surface area (Å²) in [5.74, 6) is 0.635. The second kappa shape index (κ2) is 12.8. The standard InChI is InChI=1S/C27H44N2O6/c1-11-13-21(32-16-14-28-23(30)34-25(3,4)5)19(12-2)20-18-27(9,10)22(20)33-17-15-29-24(31)35-26(6,7)8/h11-13,18,22H,2,14-17H2,1,3-10H3,(H,28,30)(H,29,31)/b13-11-,21-19-. The molecule has 0 fully saturated rings. The highest BCUT2D eigenvalue weighted by Gasteiger charge is 2.42. The molecule has 1 unspecified atom stereocenters. The van der Waals surface area contributed by atoms with E-state index in [0.29, 0.717) is 25.5 Å². The van der Waals surface area contributed by atoms with Gasteiger partial charge in [0.2, 0.25) is 0 Å². The maximum atomic E-state index is 11.9. The van der Waals surface area contributed by atoms with Crippen molar-refractivity contribution in [1.82, 2.24) is 10.6 Å². The normalized spacial score (nSPS) is 18.1. The van der Waals surface area contributed by atoms with E-state index in [1.807, 2.05) is 60.6 Å². The van der Waals surface area contributed by atoms with Gasteiger partial charge in [0.1, 0.15) is 23.6 Å². The zero-order valence-electron chi connectivity index (χ0n) is 22.9. The summed E-state index contributed by atoms with van der Waals surface area (Å²) < 4.78 is 22.6. The third-order valence-electron chi connectivity index (χ3n) is 4.67. The Bertz CT molecular complexity index is 841. The Morgan fingerprint density at radius 3 is 1.94 bits per heavy atom. The van der Waals surface area contributed by atoms with E-state index in [1.165, 1.54) is 0 Å². The van der Waals surface area contributed by atoms with Gasteiger partial charge in [-0.1, -0.05) is 38.7 Å². The molecule has 0 saturated carbocycles. The van der Waals surface area contributed by atoms with Crippen molar-refractivity contribution in [2.75, 3.05) is 26.3 Å². The number of rotatable bonds is 11. The highest BCUT2D eigenvalue weighted by Crippen LogP contribution is 2.45. The first kappa shape index (κ1) is 30.3. The van der Waals surface area contributed by atoms with Crippen LogP contribution in [0.3, 0.4) is 0 Å². The molecule has 0 aromatic heterocycles. The van der Waals surface area contributed by atoms with Crippen LogP contribution in [0.4, 0.5) is 9.59 Å². The van der Waals surface area contributed by atoms with Gasteiger partial charge in [-0.2, -0.15) is 0 Å². The summed E-state index contributed by atoms with van der Waals surface area (Å²) >= 11 is 0. The number of nitrogens with one attached hydrogen (secondary N) is 2. The van der Waals surface area contributed by atoms with Gasteiger partial charge in [-0.3, -0.25) is 0 Å². The van der Waals surface area contributed by atoms with E-state index >= 15 is 0 Å². The first-order valence-corrected chi connectivity index (χ1v) is 12.0. The fourth-order valence-electron chi connectivity index (χ4n) is 3.38. The molecular formula is C27H44N2O6. The highest BCUT2D eigenvalue weighted by atomic mass is 16.6. The number of hydrogen-bond donors (Lipinski definition) is 2. The Morgan fingerprint density at radius 1 is 1.00 bits per heavy atom. The van der Waals surface area contributed by atoms with Gasteiger partial charge >= 0.3 is 12.2 Å². The Morgan fingerprint density at radius 2 is 1.51 bits per heavy atom. The van der Waals surface area contributed by atoms with E-state index in [0.717, 1.165) is 11.1 Å². The van der Waals surface area contributed by atoms with Gasteiger partial charge in [0, 0.05) is 17.5 Å². The molecule has 0 aliphatic heterocycles. The lowest BCUT2D eigenvalue weighted by molar-refractivity contribution is 0.000538. The van der Waals surface area contributed by atoms with Crippen LogP contribution in [-0.2, 0) is 18.9 Å². The number of amides is 2. The van der Waals surface area contributed by atoms with Crippen LogP contribution in [0.1, 0.15) is 62.3 Å². The zero-order chi connectivity index (χ0) is 26.9. The van der Waals surface area contributed by atoms with Gasteiger partial charge in [-0.05, 0) is 60.1 Å². The smallest absolute Gasteiger partial charge is 0.407 e. The Labute approximate surface area is 210 Å². The molecule has 0 spiro atoms. The molecule has 1 atom stereocenters. The summed E-state index contributed by atoms with van der Waals surface area (Å²) in [6, 6.07) is 0. The van der Waals surface area contributed by atoms with Gasteiger partial charge < -0.3 is 29.6 Å². The number of hydrogen-bond acceptors (Lipinski definition) is 6. The van der Waals surface area contributed by atoms with Gasteiger partial charge in [0.05, 0.1) is 19.3 Å². The summed E-state index contributed by atoms with van der Waals surface area (Å²) in [5.41, 5.74) is 0.499. The molecule has 0 heterocycles. The van der Waals surface area contributed by atoms with Crippen molar-refractivity contribution in [3.8, 4) is 0 Å². The molecule has 0 aromatic carbocycles. The monoisotopic (exact) mass is 492 g/mol. The van der Waals surface area contributed by atoms with Crippen molar-refractivity contribution in [1.29, 1.82) is 0 Å². The van der Waals surface area contributed by atoms with Crippen LogP contribution in [0.25, 0.3) is 0 Å². The maximum Gasteiger partial charge on any atom is 0.407 e. The molecule has 0 bridgehead atoms. The maximum absolute atomic E-state index is 11.9. The number of alkyl carbamates (subject to hydrolysis) is 2. The van der Waals surface area contributed by atoms with E-state index in [1.54, 1.807) is 6.08 Å². The van der Waals surface area contributed by atoms with Crippen molar-refractivity contribution in [2.45, 2.75) is 79.6 Å². The van der Waals surface area contributed by atoms with E-state index < -0.39 is 23.4 Å². The van der Waals surface area contributed by atoms with Crippen molar-refractivity contribution < 1.29 is 28.5 Å². The molecule has 2 N–H and O–H groups in total. The fraction of sp³-hybridized carbons (Fsp3) is 0.630. The predicted molar refractivity (Wildman–Crippen MR) is 138 cm³/mol. The Kier molecular flexibility index (Phi) is 11.1. The Hall–Kier alpha value is -2.74. The molecule has 1 aliphatic carbocycles. The minimum absolute atomic E-state index is 0.186. The third kappa shape index (κ3) is 11.0. The van der Waals surface area contributed by atoms with Gasteiger partial charge in [0.15, 0.2) is 0 Å². The molecule has 0 aromatic rings. The van der Waals surface area contributed by atoms with Crippen LogP contribution in [0.15, 0.2) is 47.8 Å². The fourth-order valence-corrected chi connectivity index (χ4v) is 3.38. The van der Waals surface area contributed by atoms with Gasteiger partial charge in [-0.25, -0.2) is 9.59 Å². The van der Waals surface area contributed by atoms with Crippen molar-refractivity contribution in [3.63, 3.8) is 0 Å². The molecule has 8 heteroatoms. The molecule has 35 heavy (non-hydrogen) atoms. The zero-order valence-corrected chi connectivity index (χ0v) is 22.9. The van der Waals surface area contributed by atoms with Gasteiger partial charge in [-0.15, -0.1) is 0 Å². The topological polar surface area (TPSA) is 95.1 Å². The SMILES string of the molecule is C=C/C(C1=CC(C)(C)C1OCCNC(=O)OC(C)(C)C)=C(\C=C/C)OCCNC(=O)OC(C)(C)C. The average molecular weight is 493 g/mol. The first-order chi connectivity index (χ1) is 16.1. The van der Waals surface area contributed by atoms with E-state index in [4.69, 9.17) is 18.9 Å². The van der Waals surface area contributed by atoms with Crippen LogP contribution in [0.5, 0.6) is 0 Å². The molecule has 0 radical (unpaired) electrons. The minimum atomic E-state index is -0.558. The van der Waals surface area contributed by atoms with Crippen LogP contribution in [-0.4, -0.2) is 55.8 Å². The second-order valence-corrected chi connectivity index (χ2v) is 10.9. The van der Waals surface area contributed by atoms with Crippen LogP contribution >= 0.6 is 0 Å². The lowest BCUT2D eigenvalue weighted by Gasteiger charge is -2.43. The predicted octanol–water partition coefficient (Wildman–Crippen LogP) is 5.42. The summed E-state index contributed by atoms with van der Waals surface area (Å²) in [6.07, 6.45) is 6.45. The van der Waals surface area contributed by atoms with Crippen molar-refractivity contribution in [2.24, 2.45) is 5.41 Å². The summed E-state index contributed by atoms with van der Waals surface area (Å²) in [6.45, 7) is 22.1. The number of carbonyl (C=O) groups is 2.